The fourth-order valence-electron chi connectivity index (χ4n) is 4.31. The van der Waals surface area contributed by atoms with Gasteiger partial charge in [0.2, 0.25) is 11.8 Å². The van der Waals surface area contributed by atoms with E-state index in [-0.39, 0.29) is 11.8 Å². The topological polar surface area (TPSA) is 76.4 Å². The van der Waals surface area contributed by atoms with E-state index < -0.39 is 5.54 Å². The lowest BCUT2D eigenvalue weighted by atomic mass is 10.00. The minimum Gasteiger partial charge on any atom is -0.340 e. The number of carbonyl (C=O) groups is 2. The van der Waals surface area contributed by atoms with E-state index in [1.165, 1.54) is 12.8 Å². The lowest BCUT2D eigenvalue weighted by molar-refractivity contribution is -0.137. The van der Waals surface area contributed by atoms with E-state index in [0.29, 0.717) is 25.5 Å². The van der Waals surface area contributed by atoms with E-state index in [0.717, 1.165) is 51.6 Å². The van der Waals surface area contributed by atoms with Crippen molar-refractivity contribution in [3.05, 3.63) is 0 Å². The molecule has 2 aliphatic carbocycles. The Kier molecular flexibility index (Phi) is 5.40. The smallest absolute Gasteiger partial charge is 0.235 e. The first kappa shape index (κ1) is 17.2. The van der Waals surface area contributed by atoms with Crippen LogP contribution in [0.2, 0.25) is 0 Å². The van der Waals surface area contributed by atoms with E-state index in [2.05, 4.69) is 16.3 Å². The Bertz CT molecular complexity index is 508. The average molecular weight is 332 g/mol. The normalized spacial score (nSPS) is 24.7. The lowest BCUT2D eigenvalue weighted by Crippen LogP contribution is -2.54. The van der Waals surface area contributed by atoms with Gasteiger partial charge in [0.25, 0.3) is 0 Å². The van der Waals surface area contributed by atoms with Crippen molar-refractivity contribution >= 4 is 11.8 Å². The van der Waals surface area contributed by atoms with E-state index in [9.17, 15) is 14.9 Å². The molecule has 2 saturated carbocycles. The molecule has 6 nitrogen and oxygen atoms in total. The molecule has 1 N–H and O–H groups in total. The highest BCUT2D eigenvalue weighted by atomic mass is 16.2. The molecule has 2 amide bonds. The second kappa shape index (κ2) is 7.52. The molecule has 0 atom stereocenters. The van der Waals surface area contributed by atoms with Gasteiger partial charge >= 0.3 is 0 Å². The molecule has 0 spiro atoms. The lowest BCUT2D eigenvalue weighted by Gasteiger charge is -2.36. The predicted octanol–water partition coefficient (Wildman–Crippen LogP) is 1.27. The van der Waals surface area contributed by atoms with Crippen molar-refractivity contribution in [1.29, 1.82) is 5.26 Å². The molecule has 0 aromatic carbocycles. The molecule has 0 radical (unpaired) electrons. The minimum atomic E-state index is -0.642. The SMILES string of the molecule is N#CC1(NC(=O)CN2CCN(C(=O)C3CCCC3)CC2)CCCC1. The zero-order valence-corrected chi connectivity index (χ0v) is 14.4. The number of rotatable bonds is 4. The largest absolute Gasteiger partial charge is 0.340 e. The van der Waals surface area contributed by atoms with Crippen LogP contribution in [0.1, 0.15) is 51.4 Å². The summed E-state index contributed by atoms with van der Waals surface area (Å²) >= 11 is 0. The molecule has 6 heteroatoms. The summed E-state index contributed by atoms with van der Waals surface area (Å²) in [5.41, 5.74) is -0.642. The zero-order chi connectivity index (χ0) is 17.0. The summed E-state index contributed by atoms with van der Waals surface area (Å²) in [7, 11) is 0. The fraction of sp³-hybridized carbons (Fsp3) is 0.833. The van der Waals surface area contributed by atoms with Crippen LogP contribution < -0.4 is 5.32 Å². The van der Waals surface area contributed by atoms with Crippen LogP contribution in [0.4, 0.5) is 0 Å². The average Bonchev–Trinajstić information content (AvgIpc) is 3.27. The number of nitriles is 1. The number of carbonyl (C=O) groups excluding carboxylic acids is 2. The first-order chi connectivity index (χ1) is 11.6. The second-order valence-corrected chi connectivity index (χ2v) is 7.53. The summed E-state index contributed by atoms with van der Waals surface area (Å²) in [6, 6.07) is 2.30. The first-order valence-electron chi connectivity index (χ1n) is 9.35. The van der Waals surface area contributed by atoms with E-state index >= 15 is 0 Å². The summed E-state index contributed by atoms with van der Waals surface area (Å²) in [6.07, 6.45) is 7.98. The number of amides is 2. The zero-order valence-electron chi connectivity index (χ0n) is 14.4. The highest BCUT2D eigenvalue weighted by Gasteiger charge is 2.36. The number of piperazine rings is 1. The molecular formula is C18H28N4O2. The molecule has 3 aliphatic rings. The van der Waals surface area contributed by atoms with Crippen molar-refractivity contribution in [2.75, 3.05) is 32.7 Å². The third-order valence-corrected chi connectivity index (χ3v) is 5.81. The Labute approximate surface area is 144 Å². The molecule has 0 aromatic rings. The van der Waals surface area contributed by atoms with Gasteiger partial charge < -0.3 is 10.2 Å². The Balaban J connectivity index is 1.42. The van der Waals surface area contributed by atoms with Crippen LogP contribution in [0.15, 0.2) is 0 Å². The molecule has 3 rings (SSSR count). The summed E-state index contributed by atoms with van der Waals surface area (Å²) in [5, 5.41) is 12.3. The van der Waals surface area contributed by atoms with Gasteiger partial charge in [-0.05, 0) is 38.5 Å². The number of nitrogens with zero attached hydrogens (tertiary/aromatic N) is 3. The van der Waals surface area contributed by atoms with Gasteiger partial charge in [0, 0.05) is 32.1 Å². The van der Waals surface area contributed by atoms with E-state index in [4.69, 9.17) is 0 Å². The quantitative estimate of drug-likeness (QED) is 0.841. The van der Waals surface area contributed by atoms with Crippen LogP contribution in [-0.4, -0.2) is 59.9 Å². The first-order valence-corrected chi connectivity index (χ1v) is 9.35. The third-order valence-electron chi connectivity index (χ3n) is 5.81. The second-order valence-electron chi connectivity index (χ2n) is 7.53. The van der Waals surface area contributed by atoms with Gasteiger partial charge in [-0.25, -0.2) is 0 Å². The van der Waals surface area contributed by atoms with Gasteiger partial charge in [-0.15, -0.1) is 0 Å². The van der Waals surface area contributed by atoms with Gasteiger partial charge in [0.1, 0.15) is 5.54 Å². The van der Waals surface area contributed by atoms with Crippen LogP contribution in [0.25, 0.3) is 0 Å². The van der Waals surface area contributed by atoms with Gasteiger partial charge in [-0.3, -0.25) is 14.5 Å². The molecule has 1 saturated heterocycles. The number of nitrogens with one attached hydrogen (secondary N) is 1. The van der Waals surface area contributed by atoms with Crippen LogP contribution in [0.3, 0.4) is 0 Å². The van der Waals surface area contributed by atoms with Crippen molar-refractivity contribution in [1.82, 2.24) is 15.1 Å². The molecular weight excluding hydrogens is 304 g/mol. The Morgan fingerprint density at radius 1 is 1.04 bits per heavy atom. The van der Waals surface area contributed by atoms with E-state index in [1.54, 1.807) is 0 Å². The molecule has 3 fully saturated rings. The molecule has 1 heterocycles. The van der Waals surface area contributed by atoms with Gasteiger partial charge in [0.05, 0.1) is 12.6 Å². The van der Waals surface area contributed by atoms with Crippen molar-refractivity contribution < 1.29 is 9.59 Å². The maximum atomic E-state index is 12.4. The summed E-state index contributed by atoms with van der Waals surface area (Å²) in [5.74, 6) is 0.484. The Morgan fingerprint density at radius 3 is 2.25 bits per heavy atom. The van der Waals surface area contributed by atoms with Crippen LogP contribution in [0, 0.1) is 17.2 Å². The summed E-state index contributed by atoms with van der Waals surface area (Å²) < 4.78 is 0. The van der Waals surface area contributed by atoms with E-state index in [1.807, 2.05) is 4.90 Å². The Hall–Kier alpha value is -1.61. The third kappa shape index (κ3) is 3.89. The van der Waals surface area contributed by atoms with Crippen LogP contribution in [-0.2, 0) is 9.59 Å². The van der Waals surface area contributed by atoms with Gasteiger partial charge in [-0.1, -0.05) is 12.8 Å². The van der Waals surface area contributed by atoms with Gasteiger partial charge in [-0.2, -0.15) is 5.26 Å². The molecule has 24 heavy (non-hydrogen) atoms. The maximum absolute atomic E-state index is 12.4. The van der Waals surface area contributed by atoms with Crippen molar-refractivity contribution in [2.24, 2.45) is 5.92 Å². The minimum absolute atomic E-state index is 0.0611. The summed E-state index contributed by atoms with van der Waals surface area (Å²) in [4.78, 5) is 28.8. The maximum Gasteiger partial charge on any atom is 0.235 e. The number of hydrogen-bond acceptors (Lipinski definition) is 4. The van der Waals surface area contributed by atoms with Crippen molar-refractivity contribution in [3.8, 4) is 6.07 Å². The molecule has 0 aromatic heterocycles. The monoisotopic (exact) mass is 332 g/mol. The molecule has 132 valence electrons. The van der Waals surface area contributed by atoms with Gasteiger partial charge in [0.15, 0.2) is 0 Å². The molecule has 1 aliphatic heterocycles. The van der Waals surface area contributed by atoms with Crippen LogP contribution >= 0.6 is 0 Å². The molecule has 0 bridgehead atoms. The highest BCUT2D eigenvalue weighted by Crippen LogP contribution is 2.29. The number of hydrogen-bond donors (Lipinski definition) is 1. The predicted molar refractivity (Wildman–Crippen MR) is 89.9 cm³/mol. The fourth-order valence-corrected chi connectivity index (χ4v) is 4.31. The van der Waals surface area contributed by atoms with Crippen molar-refractivity contribution in [3.63, 3.8) is 0 Å². The molecule has 0 unspecified atom stereocenters. The Morgan fingerprint density at radius 2 is 1.67 bits per heavy atom. The highest BCUT2D eigenvalue weighted by molar-refractivity contribution is 5.80. The van der Waals surface area contributed by atoms with Crippen LogP contribution in [0.5, 0.6) is 0 Å². The standard InChI is InChI=1S/C18H28N4O2/c19-14-18(7-3-4-8-18)20-16(23)13-21-9-11-22(12-10-21)17(24)15-5-1-2-6-15/h15H,1-13H2,(H,20,23). The summed E-state index contributed by atoms with van der Waals surface area (Å²) in [6.45, 7) is 3.24. The van der Waals surface area contributed by atoms with Crippen molar-refractivity contribution in [2.45, 2.75) is 56.9 Å².